The maximum atomic E-state index is 12.3. The van der Waals surface area contributed by atoms with Crippen LogP contribution in [0.3, 0.4) is 0 Å². The second-order valence-corrected chi connectivity index (χ2v) is 9.82. The largest absolute Gasteiger partial charge is 0.462 e. The molecule has 0 spiro atoms. The SMILES string of the molecule is CCOCC(=O)c1ccc(C)c(Nc2ncnn3cc(C(=O)OCC)c(C)c23)c1.CCOCC(=O)c1ccc(C)c([N+](=O)[O-])c1. The molecule has 4 rings (SSSR count). The third-order valence-electron chi connectivity index (χ3n) is 6.74. The van der Waals surface area contributed by atoms with Crippen LogP contribution < -0.4 is 5.32 Å². The first-order chi connectivity index (χ1) is 21.5. The van der Waals surface area contributed by atoms with Gasteiger partial charge in [-0.3, -0.25) is 19.7 Å². The van der Waals surface area contributed by atoms with E-state index in [0.717, 1.165) is 11.3 Å². The summed E-state index contributed by atoms with van der Waals surface area (Å²) < 4.78 is 16.9. The molecule has 238 valence electrons. The van der Waals surface area contributed by atoms with Crippen LogP contribution in [-0.4, -0.2) is 70.1 Å². The van der Waals surface area contributed by atoms with Gasteiger partial charge in [0.1, 0.15) is 25.1 Å². The molecular formula is C32H37N5O8. The maximum Gasteiger partial charge on any atom is 0.340 e. The van der Waals surface area contributed by atoms with Crippen LogP contribution in [-0.2, 0) is 14.2 Å². The second kappa shape index (κ2) is 16.2. The Morgan fingerprint density at radius 1 is 0.889 bits per heavy atom. The normalized spacial score (nSPS) is 10.6. The van der Waals surface area contributed by atoms with Gasteiger partial charge >= 0.3 is 5.97 Å². The lowest BCUT2D eigenvalue weighted by atomic mass is 10.1. The lowest BCUT2D eigenvalue weighted by Gasteiger charge is -2.12. The number of hydrogen-bond donors (Lipinski definition) is 1. The fraction of sp³-hybridized carbons (Fsp3) is 0.344. The lowest BCUT2D eigenvalue weighted by Crippen LogP contribution is -2.10. The molecule has 0 aliphatic carbocycles. The summed E-state index contributed by atoms with van der Waals surface area (Å²) in [5, 5.41) is 18.1. The van der Waals surface area contributed by atoms with E-state index < -0.39 is 10.9 Å². The molecule has 0 aliphatic rings. The number of nitro benzene ring substituents is 1. The Kier molecular flexibility index (Phi) is 12.4. The summed E-state index contributed by atoms with van der Waals surface area (Å²) in [7, 11) is 0. The second-order valence-electron chi connectivity index (χ2n) is 9.82. The number of aromatic nitrogens is 3. The third kappa shape index (κ3) is 8.77. The van der Waals surface area contributed by atoms with E-state index in [1.807, 2.05) is 26.8 Å². The van der Waals surface area contributed by atoms with Gasteiger partial charge in [-0.2, -0.15) is 5.10 Å². The number of nitro groups is 1. The Labute approximate surface area is 260 Å². The summed E-state index contributed by atoms with van der Waals surface area (Å²) in [6.45, 7) is 12.0. The van der Waals surface area contributed by atoms with Gasteiger partial charge in [0.25, 0.3) is 5.69 Å². The van der Waals surface area contributed by atoms with Gasteiger partial charge in [0.05, 0.1) is 17.1 Å². The van der Waals surface area contributed by atoms with Crippen molar-refractivity contribution in [2.24, 2.45) is 0 Å². The zero-order valence-electron chi connectivity index (χ0n) is 26.2. The number of nitrogens with zero attached hydrogens (tertiary/aromatic N) is 4. The average Bonchev–Trinajstić information content (AvgIpc) is 3.37. The fourth-order valence-electron chi connectivity index (χ4n) is 4.26. The van der Waals surface area contributed by atoms with Gasteiger partial charge < -0.3 is 19.5 Å². The molecule has 0 fully saturated rings. The van der Waals surface area contributed by atoms with Crippen LogP contribution in [0.1, 0.15) is 68.5 Å². The van der Waals surface area contributed by atoms with Crippen LogP contribution in [0.2, 0.25) is 0 Å². The summed E-state index contributed by atoms with van der Waals surface area (Å²) in [6, 6.07) is 9.85. The predicted octanol–water partition coefficient (Wildman–Crippen LogP) is 5.61. The van der Waals surface area contributed by atoms with E-state index in [0.29, 0.717) is 59.0 Å². The van der Waals surface area contributed by atoms with Gasteiger partial charge in [0, 0.05) is 47.9 Å². The molecule has 0 aliphatic heterocycles. The molecule has 2 aromatic carbocycles. The first-order valence-corrected chi connectivity index (χ1v) is 14.4. The Bertz CT molecular complexity index is 1700. The smallest absolute Gasteiger partial charge is 0.340 e. The van der Waals surface area contributed by atoms with Gasteiger partial charge in [0.15, 0.2) is 17.4 Å². The van der Waals surface area contributed by atoms with Gasteiger partial charge in [-0.15, -0.1) is 0 Å². The number of rotatable bonds is 13. The number of anilines is 2. The molecule has 45 heavy (non-hydrogen) atoms. The number of benzene rings is 2. The third-order valence-corrected chi connectivity index (χ3v) is 6.74. The van der Waals surface area contributed by atoms with Crippen molar-refractivity contribution in [3.63, 3.8) is 0 Å². The van der Waals surface area contributed by atoms with Crippen molar-refractivity contribution in [3.8, 4) is 0 Å². The van der Waals surface area contributed by atoms with Crippen molar-refractivity contribution < 1.29 is 33.5 Å². The number of carbonyl (C=O) groups is 3. The number of carbonyl (C=O) groups excluding carboxylic acids is 3. The van der Waals surface area contributed by atoms with Crippen LogP contribution in [0.5, 0.6) is 0 Å². The zero-order valence-corrected chi connectivity index (χ0v) is 26.2. The Balaban J connectivity index is 0.000000292. The van der Waals surface area contributed by atoms with Crippen molar-refractivity contribution in [3.05, 3.63) is 92.4 Å². The quantitative estimate of drug-likeness (QED) is 0.0856. The number of Topliss-reactive ketones (excluding diaryl/α,β-unsaturated/α-hetero) is 2. The molecule has 13 heteroatoms. The topological polar surface area (TPSA) is 164 Å². The molecule has 0 radical (unpaired) electrons. The van der Waals surface area contributed by atoms with Crippen molar-refractivity contribution >= 4 is 40.2 Å². The van der Waals surface area contributed by atoms with E-state index in [-0.39, 0.29) is 30.5 Å². The molecule has 0 amide bonds. The van der Waals surface area contributed by atoms with E-state index in [2.05, 4.69) is 15.4 Å². The van der Waals surface area contributed by atoms with Crippen LogP contribution in [0, 0.1) is 30.9 Å². The van der Waals surface area contributed by atoms with Crippen LogP contribution in [0.15, 0.2) is 48.9 Å². The maximum absolute atomic E-state index is 12.3. The molecule has 0 saturated carbocycles. The molecule has 2 heterocycles. The van der Waals surface area contributed by atoms with Crippen molar-refractivity contribution in [1.29, 1.82) is 0 Å². The highest BCUT2D eigenvalue weighted by Crippen LogP contribution is 2.28. The number of ether oxygens (including phenoxy) is 3. The molecular weight excluding hydrogens is 582 g/mol. The summed E-state index contributed by atoms with van der Waals surface area (Å²) in [6.07, 6.45) is 3.04. The first kappa shape index (κ1) is 34.5. The lowest BCUT2D eigenvalue weighted by molar-refractivity contribution is -0.385. The van der Waals surface area contributed by atoms with Crippen molar-refractivity contribution in [2.45, 2.75) is 41.5 Å². The zero-order chi connectivity index (χ0) is 33.1. The molecule has 0 saturated heterocycles. The van der Waals surface area contributed by atoms with E-state index in [4.69, 9.17) is 14.2 Å². The van der Waals surface area contributed by atoms with Crippen LogP contribution in [0.4, 0.5) is 17.2 Å². The van der Waals surface area contributed by atoms with Crippen LogP contribution in [0.25, 0.3) is 5.52 Å². The highest BCUT2D eigenvalue weighted by Gasteiger charge is 2.20. The standard InChI is InChI=1S/C21H24N4O4.C11H13NO4/c1-5-28-11-18(26)15-8-7-13(3)17(9-15)24-20-19-14(4)16(21(27)29-6-2)10-25(19)23-12-22-20;1-3-16-7-11(13)9-5-4-8(2)10(6-9)12(14)15/h7-10,12H,5-6,11H2,1-4H3,(H,22,23,24);4-6H,3,7H2,1-2H3. The number of hydrogen-bond acceptors (Lipinski definition) is 11. The molecule has 4 aromatic rings. The Hall–Kier alpha value is -5.01. The molecule has 2 aromatic heterocycles. The number of aryl methyl sites for hydroxylation is 3. The van der Waals surface area contributed by atoms with Gasteiger partial charge in [-0.25, -0.2) is 14.3 Å². The molecule has 0 bridgehead atoms. The predicted molar refractivity (Wildman–Crippen MR) is 168 cm³/mol. The number of nitrogens with one attached hydrogen (secondary N) is 1. The van der Waals surface area contributed by atoms with E-state index >= 15 is 0 Å². The van der Waals surface area contributed by atoms with E-state index in [9.17, 15) is 24.5 Å². The monoisotopic (exact) mass is 619 g/mol. The van der Waals surface area contributed by atoms with Gasteiger partial charge in [-0.05, 0) is 58.7 Å². The Morgan fingerprint density at radius 2 is 1.49 bits per heavy atom. The molecule has 0 atom stereocenters. The minimum Gasteiger partial charge on any atom is -0.462 e. The summed E-state index contributed by atoms with van der Waals surface area (Å²) in [5.74, 6) is -0.206. The minimum atomic E-state index is -0.493. The number of fused-ring (bicyclic) bond motifs is 1. The van der Waals surface area contributed by atoms with Crippen molar-refractivity contribution in [2.75, 3.05) is 38.4 Å². The van der Waals surface area contributed by atoms with E-state index in [1.165, 1.54) is 12.4 Å². The summed E-state index contributed by atoms with van der Waals surface area (Å²) >= 11 is 0. The summed E-state index contributed by atoms with van der Waals surface area (Å²) in [5.41, 5.74) is 4.87. The van der Waals surface area contributed by atoms with Crippen LogP contribution >= 0.6 is 0 Å². The number of ketones is 2. The summed E-state index contributed by atoms with van der Waals surface area (Å²) in [4.78, 5) is 50.6. The fourth-order valence-corrected chi connectivity index (χ4v) is 4.26. The van der Waals surface area contributed by atoms with Gasteiger partial charge in [-0.1, -0.05) is 24.3 Å². The van der Waals surface area contributed by atoms with E-state index in [1.54, 1.807) is 55.7 Å². The first-order valence-electron chi connectivity index (χ1n) is 14.4. The molecule has 1 N–H and O–H groups in total. The highest BCUT2D eigenvalue weighted by molar-refractivity contribution is 5.99. The molecule has 13 nitrogen and oxygen atoms in total. The average molecular weight is 620 g/mol. The van der Waals surface area contributed by atoms with Crippen molar-refractivity contribution in [1.82, 2.24) is 14.6 Å². The minimum absolute atomic E-state index is 0.0392. The highest BCUT2D eigenvalue weighted by atomic mass is 16.6. The van der Waals surface area contributed by atoms with Gasteiger partial charge in [0.2, 0.25) is 0 Å². The Morgan fingerprint density at radius 3 is 2.07 bits per heavy atom. The number of esters is 1. The molecule has 0 unspecified atom stereocenters.